The molecular weight excluding hydrogens is 337 g/mol. The second-order valence-electron chi connectivity index (χ2n) is 5.55. The second-order valence-corrected chi connectivity index (χ2v) is 5.55. The molecule has 2 aromatic heterocycles. The van der Waals surface area contributed by atoms with Gasteiger partial charge in [-0.2, -0.15) is 5.10 Å². The quantitative estimate of drug-likeness (QED) is 0.578. The average Bonchev–Trinajstić information content (AvgIpc) is 3.10. The van der Waals surface area contributed by atoms with Gasteiger partial charge >= 0.3 is 5.69 Å². The van der Waals surface area contributed by atoms with Crippen LogP contribution in [0.4, 0.5) is 4.39 Å². The Balaban J connectivity index is 1.70. The molecule has 2 aromatic carbocycles. The van der Waals surface area contributed by atoms with Crippen molar-refractivity contribution < 1.29 is 8.81 Å². The lowest BCUT2D eigenvalue weighted by molar-refractivity contribution is 0.572. The molecule has 0 aliphatic heterocycles. The number of aromatic nitrogens is 2. The lowest BCUT2D eigenvalue weighted by Gasteiger charge is -2.00. The second kappa shape index (κ2) is 6.29. The van der Waals surface area contributed by atoms with Gasteiger partial charge < -0.3 is 9.40 Å². The minimum absolute atomic E-state index is 0.323. The molecule has 0 unspecified atom stereocenters. The van der Waals surface area contributed by atoms with E-state index >= 15 is 0 Å². The van der Waals surface area contributed by atoms with Crippen LogP contribution in [0.3, 0.4) is 0 Å². The highest BCUT2D eigenvalue weighted by molar-refractivity contribution is 5.78. The Labute approximate surface area is 145 Å². The Bertz CT molecular complexity index is 1250. The molecule has 0 aliphatic rings. The number of hydrogen-bond acceptors (Lipinski definition) is 4. The molecule has 0 radical (unpaired) electrons. The van der Waals surface area contributed by atoms with E-state index in [1.807, 2.05) is 0 Å². The summed E-state index contributed by atoms with van der Waals surface area (Å²) in [5, 5.41) is 4.27. The van der Waals surface area contributed by atoms with Crippen molar-refractivity contribution in [1.82, 2.24) is 9.66 Å². The number of nitrogens with one attached hydrogen (secondary N) is 1. The fraction of sp³-hybridized carbons (Fsp3) is 0. The van der Waals surface area contributed by atoms with Crippen LogP contribution >= 0.6 is 0 Å². The highest BCUT2D eigenvalue weighted by Crippen LogP contribution is 2.22. The fourth-order valence-corrected chi connectivity index (χ4v) is 2.59. The van der Waals surface area contributed by atoms with Crippen LogP contribution in [0.15, 0.2) is 79.8 Å². The van der Waals surface area contributed by atoms with E-state index in [2.05, 4.69) is 10.1 Å². The maximum Gasteiger partial charge on any atom is 0.349 e. The first-order valence-corrected chi connectivity index (χ1v) is 7.76. The lowest BCUT2D eigenvalue weighted by Crippen LogP contribution is -2.32. The molecule has 0 aliphatic carbocycles. The van der Waals surface area contributed by atoms with Gasteiger partial charge in [-0.25, -0.2) is 9.18 Å². The fourth-order valence-electron chi connectivity index (χ4n) is 2.59. The standard InChI is InChI=1S/C19H12FN3O3/c20-13-5-3-4-12(10-13)17-9-8-14(26-17)11-21-23-18(24)15-6-1-2-7-16(15)22-19(23)25/h1-11H,(H,22,25). The van der Waals surface area contributed by atoms with Crippen molar-refractivity contribution in [2.75, 3.05) is 0 Å². The van der Waals surface area contributed by atoms with E-state index in [0.717, 1.165) is 4.68 Å². The summed E-state index contributed by atoms with van der Waals surface area (Å²) in [5.74, 6) is 0.401. The molecule has 4 rings (SSSR count). The third-order valence-corrected chi connectivity index (χ3v) is 3.82. The van der Waals surface area contributed by atoms with Gasteiger partial charge in [0.05, 0.1) is 17.1 Å². The average molecular weight is 349 g/mol. The third-order valence-electron chi connectivity index (χ3n) is 3.82. The van der Waals surface area contributed by atoms with Crippen molar-refractivity contribution in [2.24, 2.45) is 5.10 Å². The molecule has 0 saturated heterocycles. The predicted molar refractivity (Wildman–Crippen MR) is 95.9 cm³/mol. The molecule has 128 valence electrons. The molecule has 4 aromatic rings. The molecule has 1 N–H and O–H groups in total. The monoisotopic (exact) mass is 349 g/mol. The number of nitrogens with zero attached hydrogens (tertiary/aromatic N) is 2. The van der Waals surface area contributed by atoms with Gasteiger partial charge in [0.1, 0.15) is 17.3 Å². The first-order chi connectivity index (χ1) is 12.6. The van der Waals surface area contributed by atoms with Crippen LogP contribution < -0.4 is 11.2 Å². The topological polar surface area (TPSA) is 80.4 Å². The van der Waals surface area contributed by atoms with Crippen molar-refractivity contribution in [1.29, 1.82) is 0 Å². The zero-order chi connectivity index (χ0) is 18.1. The van der Waals surface area contributed by atoms with Crippen molar-refractivity contribution >= 4 is 17.1 Å². The van der Waals surface area contributed by atoms with E-state index in [9.17, 15) is 14.0 Å². The molecule has 0 fully saturated rings. The number of hydrogen-bond donors (Lipinski definition) is 1. The summed E-state index contributed by atoms with van der Waals surface area (Å²) in [7, 11) is 0. The number of para-hydroxylation sites is 1. The van der Waals surface area contributed by atoms with Crippen molar-refractivity contribution in [2.45, 2.75) is 0 Å². The predicted octanol–water partition coefficient (Wildman–Crippen LogP) is 2.97. The smallest absolute Gasteiger partial charge is 0.349 e. The number of furan rings is 1. The SMILES string of the molecule is O=c1[nH]c2ccccc2c(=O)n1N=Cc1ccc(-c2cccc(F)c2)o1. The number of benzene rings is 2. The minimum atomic E-state index is -0.651. The highest BCUT2D eigenvalue weighted by Gasteiger charge is 2.07. The lowest BCUT2D eigenvalue weighted by atomic mass is 10.2. The maximum atomic E-state index is 13.3. The van der Waals surface area contributed by atoms with Crippen LogP contribution in [0.5, 0.6) is 0 Å². The molecule has 0 atom stereocenters. The van der Waals surface area contributed by atoms with Gasteiger partial charge in [-0.1, -0.05) is 24.3 Å². The van der Waals surface area contributed by atoms with E-state index in [0.29, 0.717) is 28.0 Å². The molecule has 0 amide bonds. The summed E-state index contributed by atoms with van der Waals surface area (Å²) in [6, 6.07) is 15.9. The van der Waals surface area contributed by atoms with Gasteiger partial charge in [-0.05, 0) is 36.4 Å². The summed E-state index contributed by atoms with van der Waals surface area (Å²) < 4.78 is 19.6. The molecule has 0 spiro atoms. The first-order valence-electron chi connectivity index (χ1n) is 7.76. The molecule has 2 heterocycles. The Morgan fingerprint density at radius 1 is 1.04 bits per heavy atom. The van der Waals surface area contributed by atoms with Crippen LogP contribution in [-0.2, 0) is 0 Å². The normalized spacial score (nSPS) is 11.4. The van der Waals surface area contributed by atoms with E-state index < -0.39 is 11.2 Å². The van der Waals surface area contributed by atoms with Gasteiger partial charge in [-0.15, -0.1) is 4.68 Å². The molecular formula is C19H12FN3O3. The van der Waals surface area contributed by atoms with Crippen LogP contribution in [0.2, 0.25) is 0 Å². The Morgan fingerprint density at radius 2 is 1.88 bits per heavy atom. The third kappa shape index (κ3) is 2.86. The van der Waals surface area contributed by atoms with Crippen LogP contribution in [0, 0.1) is 5.82 Å². The van der Waals surface area contributed by atoms with Crippen molar-refractivity contribution in [3.63, 3.8) is 0 Å². The van der Waals surface area contributed by atoms with Gasteiger partial charge in [0.2, 0.25) is 0 Å². The van der Waals surface area contributed by atoms with Crippen LogP contribution in [0.25, 0.3) is 22.2 Å². The summed E-state index contributed by atoms with van der Waals surface area (Å²) in [4.78, 5) is 27.0. The number of H-pyrrole nitrogens is 1. The number of halogens is 1. The number of aromatic amines is 1. The largest absolute Gasteiger partial charge is 0.455 e. The summed E-state index contributed by atoms with van der Waals surface area (Å²) in [6.07, 6.45) is 1.26. The van der Waals surface area contributed by atoms with Crippen LogP contribution in [0.1, 0.15) is 5.76 Å². The van der Waals surface area contributed by atoms with E-state index in [1.165, 1.54) is 18.3 Å². The summed E-state index contributed by atoms with van der Waals surface area (Å²) in [6.45, 7) is 0. The maximum absolute atomic E-state index is 13.3. The van der Waals surface area contributed by atoms with Crippen LogP contribution in [-0.4, -0.2) is 15.9 Å². The molecule has 0 saturated carbocycles. The highest BCUT2D eigenvalue weighted by atomic mass is 19.1. The van der Waals surface area contributed by atoms with E-state index in [4.69, 9.17) is 4.42 Å². The Hall–Kier alpha value is -3.74. The zero-order valence-electron chi connectivity index (χ0n) is 13.3. The number of fused-ring (bicyclic) bond motifs is 1. The van der Waals surface area contributed by atoms with Gasteiger partial charge in [0, 0.05) is 5.56 Å². The van der Waals surface area contributed by atoms with Crippen molar-refractivity contribution in [3.8, 4) is 11.3 Å². The molecule has 0 bridgehead atoms. The summed E-state index contributed by atoms with van der Waals surface area (Å²) in [5.41, 5.74) is -0.162. The van der Waals surface area contributed by atoms with Gasteiger partial charge in [-0.3, -0.25) is 4.79 Å². The van der Waals surface area contributed by atoms with Crippen molar-refractivity contribution in [3.05, 3.63) is 93.1 Å². The van der Waals surface area contributed by atoms with E-state index in [1.54, 1.807) is 48.5 Å². The molecule has 6 nitrogen and oxygen atoms in total. The first kappa shape index (κ1) is 15.8. The Kier molecular flexibility index (Phi) is 3.81. The molecule has 7 heteroatoms. The molecule has 26 heavy (non-hydrogen) atoms. The summed E-state index contributed by atoms with van der Waals surface area (Å²) >= 11 is 0. The van der Waals surface area contributed by atoms with Gasteiger partial charge in [0.15, 0.2) is 0 Å². The number of rotatable bonds is 3. The zero-order valence-corrected chi connectivity index (χ0v) is 13.3. The van der Waals surface area contributed by atoms with E-state index in [-0.39, 0.29) is 5.82 Å². The Morgan fingerprint density at radius 3 is 2.73 bits per heavy atom. The minimum Gasteiger partial charge on any atom is -0.455 e. The van der Waals surface area contributed by atoms with Gasteiger partial charge in [0.25, 0.3) is 5.56 Å².